The van der Waals surface area contributed by atoms with Gasteiger partial charge in [-0.1, -0.05) is 48.6 Å². The molecule has 0 radical (unpaired) electrons. The van der Waals surface area contributed by atoms with Crippen molar-refractivity contribution in [3.05, 3.63) is 108 Å². The number of hydrogen-bond donors (Lipinski definition) is 0. The molecule has 34 heavy (non-hydrogen) atoms. The number of benzene rings is 3. The van der Waals surface area contributed by atoms with Crippen molar-refractivity contribution in [2.45, 2.75) is 12.8 Å². The van der Waals surface area contributed by atoms with Crippen molar-refractivity contribution >= 4 is 34.2 Å². The van der Waals surface area contributed by atoms with Gasteiger partial charge in [0.05, 0.1) is 5.52 Å². The van der Waals surface area contributed by atoms with Gasteiger partial charge in [-0.05, 0) is 67.4 Å². The van der Waals surface area contributed by atoms with Gasteiger partial charge < -0.3 is 4.57 Å². The summed E-state index contributed by atoms with van der Waals surface area (Å²) in [7, 11) is 0. The Morgan fingerprint density at radius 1 is 0.647 bits per heavy atom. The van der Waals surface area contributed by atoms with Crippen LogP contribution in [0.1, 0.15) is 12.8 Å². The van der Waals surface area contributed by atoms with Gasteiger partial charge >= 0.3 is 0 Å². The molecular weight excluding hydrogens is 416 g/mol. The Bertz CT molecular complexity index is 1790. The maximum absolute atomic E-state index is 4.95. The Morgan fingerprint density at radius 2 is 1.41 bits per heavy atom. The monoisotopic (exact) mass is 438 g/mol. The molecule has 0 atom stereocenters. The molecule has 6 aromatic rings. The molecule has 7 rings (SSSR count). The number of pyridine rings is 1. The Kier molecular flexibility index (Phi) is 4.24. The topological polar surface area (TPSA) is 35.6 Å². The van der Waals surface area contributed by atoms with Crippen molar-refractivity contribution in [1.29, 1.82) is 0 Å². The van der Waals surface area contributed by atoms with Crippen LogP contribution in [0.15, 0.2) is 97.2 Å². The first-order chi connectivity index (χ1) is 16.9. The molecule has 0 unspecified atom stereocenters. The summed E-state index contributed by atoms with van der Waals surface area (Å²) < 4.78 is 4.52. The van der Waals surface area contributed by atoms with Gasteiger partial charge in [0.15, 0.2) is 5.65 Å². The van der Waals surface area contributed by atoms with Gasteiger partial charge in [-0.25, -0.2) is 9.97 Å². The van der Waals surface area contributed by atoms with Crippen LogP contribution in [-0.2, 0) is 0 Å². The maximum Gasteiger partial charge on any atom is 0.164 e. The van der Waals surface area contributed by atoms with Crippen LogP contribution in [0, 0.1) is 0 Å². The highest BCUT2D eigenvalue weighted by atomic mass is 15.1. The molecule has 1 aliphatic rings. The lowest BCUT2D eigenvalue weighted by atomic mass is 10.1. The molecule has 3 heterocycles. The van der Waals surface area contributed by atoms with Crippen molar-refractivity contribution in [3.63, 3.8) is 0 Å². The largest absolute Gasteiger partial charge is 0.310 e. The van der Waals surface area contributed by atoms with E-state index < -0.39 is 0 Å². The van der Waals surface area contributed by atoms with Crippen LogP contribution in [0.4, 0.5) is 0 Å². The lowest BCUT2D eigenvalue weighted by molar-refractivity contribution is 1.02. The molecular formula is C30H22N4. The van der Waals surface area contributed by atoms with Crippen LogP contribution in [-0.4, -0.2) is 19.1 Å². The summed E-state index contributed by atoms with van der Waals surface area (Å²) in [6.07, 6.45) is 8.74. The molecule has 1 aliphatic carbocycles. The first-order valence-electron chi connectivity index (χ1n) is 11.7. The molecule has 3 aromatic heterocycles. The molecule has 0 aliphatic heterocycles. The molecule has 0 N–H and O–H groups in total. The van der Waals surface area contributed by atoms with Crippen molar-refractivity contribution < 1.29 is 0 Å². The van der Waals surface area contributed by atoms with E-state index in [2.05, 4.69) is 86.9 Å². The summed E-state index contributed by atoms with van der Waals surface area (Å²) in [4.78, 5) is 9.59. The number of rotatable bonds is 3. The highest BCUT2D eigenvalue weighted by molar-refractivity contribution is 5.85. The van der Waals surface area contributed by atoms with Crippen LogP contribution in [0.2, 0.25) is 0 Å². The minimum Gasteiger partial charge on any atom is -0.310 e. The lowest BCUT2D eigenvalue weighted by Crippen LogP contribution is -2.30. The third kappa shape index (κ3) is 2.85. The standard InChI is InChI=1S/C30H22N4/c1-2-9-22(10-3-1)34-29(32-26-13-8-20-31-30(26)34)21-16-18-23(19-17-21)33-27-14-6-4-11-24(27)25-12-5-7-15-28(25)33/h1-4,6,8-20H,5,7H2. The second-order valence-corrected chi connectivity index (χ2v) is 8.64. The zero-order chi connectivity index (χ0) is 22.5. The average molecular weight is 439 g/mol. The molecule has 4 nitrogen and oxygen atoms in total. The molecule has 3 aromatic carbocycles. The van der Waals surface area contributed by atoms with E-state index in [1.54, 1.807) is 0 Å². The fourth-order valence-corrected chi connectivity index (χ4v) is 5.11. The summed E-state index contributed by atoms with van der Waals surface area (Å²) in [6.45, 7) is 0. The molecule has 0 spiro atoms. The van der Waals surface area contributed by atoms with Gasteiger partial charge in [0.2, 0.25) is 0 Å². The number of para-hydroxylation sites is 2. The normalized spacial score (nSPS) is 12.9. The second-order valence-electron chi connectivity index (χ2n) is 8.64. The minimum atomic E-state index is 0.864. The summed E-state index contributed by atoms with van der Waals surface area (Å²) in [5.41, 5.74) is 6.28. The van der Waals surface area contributed by atoms with E-state index in [0.717, 1.165) is 46.8 Å². The molecule has 0 amide bonds. The first kappa shape index (κ1) is 19.1. The zero-order valence-electron chi connectivity index (χ0n) is 18.6. The molecule has 0 saturated carbocycles. The molecule has 4 heteroatoms. The molecule has 0 saturated heterocycles. The summed E-state index contributed by atoms with van der Waals surface area (Å²) in [5, 5.41) is 3.96. The SMILES string of the molecule is C1=c2c(n(-c3ccc(-c4nc5cccnc5n4-c4ccccc4)cc3)c3ccccc23)=CCC1. The average Bonchev–Trinajstić information content (AvgIpc) is 3.46. The summed E-state index contributed by atoms with van der Waals surface area (Å²) in [5.74, 6) is 0.894. The summed E-state index contributed by atoms with van der Waals surface area (Å²) >= 11 is 0. The second kappa shape index (κ2) is 7.56. The number of hydrogen-bond acceptors (Lipinski definition) is 2. The fraction of sp³-hybridized carbons (Fsp3) is 0.0667. The predicted molar refractivity (Wildman–Crippen MR) is 139 cm³/mol. The van der Waals surface area contributed by atoms with Crippen LogP contribution in [0.3, 0.4) is 0 Å². The van der Waals surface area contributed by atoms with Gasteiger partial charge in [-0.2, -0.15) is 0 Å². The highest BCUT2D eigenvalue weighted by Crippen LogP contribution is 2.28. The van der Waals surface area contributed by atoms with Gasteiger partial charge in [-0.3, -0.25) is 4.57 Å². The summed E-state index contributed by atoms with van der Waals surface area (Å²) in [6, 6.07) is 31.7. The quantitative estimate of drug-likeness (QED) is 0.372. The van der Waals surface area contributed by atoms with Crippen LogP contribution >= 0.6 is 0 Å². The predicted octanol–water partition coefficient (Wildman–Crippen LogP) is 5.39. The Balaban J connectivity index is 1.42. The van der Waals surface area contributed by atoms with Gasteiger partial charge in [0.1, 0.15) is 11.3 Å². The lowest BCUT2D eigenvalue weighted by Gasteiger charge is -2.11. The number of fused-ring (bicyclic) bond motifs is 4. The molecule has 0 fully saturated rings. The van der Waals surface area contributed by atoms with Crippen molar-refractivity contribution in [2.24, 2.45) is 0 Å². The number of aromatic nitrogens is 4. The third-order valence-corrected chi connectivity index (χ3v) is 6.62. The Hall–Kier alpha value is -4.44. The van der Waals surface area contributed by atoms with E-state index in [4.69, 9.17) is 4.98 Å². The van der Waals surface area contributed by atoms with E-state index in [-0.39, 0.29) is 0 Å². The van der Waals surface area contributed by atoms with Crippen LogP contribution in [0.25, 0.3) is 57.0 Å². The first-order valence-corrected chi connectivity index (χ1v) is 11.7. The van der Waals surface area contributed by atoms with E-state index in [9.17, 15) is 0 Å². The van der Waals surface area contributed by atoms with Crippen LogP contribution < -0.4 is 10.6 Å². The van der Waals surface area contributed by atoms with E-state index in [1.165, 1.54) is 21.5 Å². The smallest absolute Gasteiger partial charge is 0.164 e. The number of imidazole rings is 1. The van der Waals surface area contributed by atoms with Crippen molar-refractivity contribution in [2.75, 3.05) is 0 Å². The Morgan fingerprint density at radius 3 is 2.29 bits per heavy atom. The van der Waals surface area contributed by atoms with Gasteiger partial charge in [0, 0.05) is 39.1 Å². The zero-order valence-corrected chi connectivity index (χ0v) is 18.6. The Labute approximate surface area is 196 Å². The highest BCUT2D eigenvalue weighted by Gasteiger charge is 2.16. The van der Waals surface area contributed by atoms with E-state index in [0.29, 0.717) is 0 Å². The number of nitrogens with zero attached hydrogens (tertiary/aromatic N) is 4. The minimum absolute atomic E-state index is 0.864. The fourth-order valence-electron chi connectivity index (χ4n) is 5.11. The van der Waals surface area contributed by atoms with Crippen molar-refractivity contribution in [3.8, 4) is 22.8 Å². The van der Waals surface area contributed by atoms with Crippen LogP contribution in [0.5, 0.6) is 0 Å². The maximum atomic E-state index is 4.95. The molecule has 162 valence electrons. The third-order valence-electron chi connectivity index (χ3n) is 6.62. The van der Waals surface area contributed by atoms with Gasteiger partial charge in [0.25, 0.3) is 0 Å². The van der Waals surface area contributed by atoms with Crippen molar-refractivity contribution in [1.82, 2.24) is 19.1 Å². The molecule has 0 bridgehead atoms. The van der Waals surface area contributed by atoms with E-state index >= 15 is 0 Å². The van der Waals surface area contributed by atoms with Gasteiger partial charge in [-0.15, -0.1) is 0 Å². The van der Waals surface area contributed by atoms with E-state index in [1.807, 2.05) is 36.5 Å².